The van der Waals surface area contributed by atoms with Crippen LogP contribution in [-0.4, -0.2) is 29.1 Å². The SMILES string of the molecule is N[C@@H](Cc1c[nH]c2ccccc12)C(=O)S(=O)(=O)O. The molecule has 0 unspecified atom stereocenters. The Kier molecular flexibility index (Phi) is 3.20. The molecule has 96 valence electrons. The molecule has 1 heterocycles. The van der Waals surface area contributed by atoms with E-state index in [1.807, 2.05) is 24.3 Å². The number of nitrogens with one attached hydrogen (secondary N) is 1. The molecule has 0 saturated heterocycles. The summed E-state index contributed by atoms with van der Waals surface area (Å²) in [5, 5.41) is -0.496. The van der Waals surface area contributed by atoms with Crippen molar-refractivity contribution >= 4 is 26.1 Å². The van der Waals surface area contributed by atoms with Crippen LogP contribution in [0.15, 0.2) is 30.5 Å². The molecule has 1 aromatic heterocycles. The molecule has 6 nitrogen and oxygen atoms in total. The number of aromatic nitrogens is 1. The highest BCUT2D eigenvalue weighted by Gasteiger charge is 2.26. The zero-order valence-corrected chi connectivity index (χ0v) is 10.1. The van der Waals surface area contributed by atoms with Crippen molar-refractivity contribution in [2.24, 2.45) is 5.73 Å². The van der Waals surface area contributed by atoms with Crippen LogP contribution < -0.4 is 5.73 Å². The predicted octanol–water partition coefficient (Wildman–Crippen LogP) is 0.452. The van der Waals surface area contributed by atoms with E-state index in [0.29, 0.717) is 0 Å². The summed E-state index contributed by atoms with van der Waals surface area (Å²) >= 11 is 0. The van der Waals surface area contributed by atoms with Crippen LogP contribution in [0.1, 0.15) is 5.56 Å². The number of H-pyrrole nitrogens is 1. The molecule has 0 aliphatic heterocycles. The number of hydrogen-bond acceptors (Lipinski definition) is 4. The Labute approximate surface area is 104 Å². The first-order valence-electron chi connectivity index (χ1n) is 5.21. The van der Waals surface area contributed by atoms with Gasteiger partial charge in [-0.1, -0.05) is 18.2 Å². The predicted molar refractivity (Wildman–Crippen MR) is 66.5 cm³/mol. The molecule has 7 heteroatoms. The molecular formula is C11H12N2O4S. The summed E-state index contributed by atoms with van der Waals surface area (Å²) in [6.07, 6.45) is 1.71. The van der Waals surface area contributed by atoms with Crippen molar-refractivity contribution in [1.29, 1.82) is 0 Å². The van der Waals surface area contributed by atoms with E-state index < -0.39 is 21.3 Å². The largest absolute Gasteiger partial charge is 0.361 e. The summed E-state index contributed by atoms with van der Waals surface area (Å²) in [6, 6.07) is 6.10. The summed E-state index contributed by atoms with van der Waals surface area (Å²) in [4.78, 5) is 14.2. The molecule has 18 heavy (non-hydrogen) atoms. The molecule has 0 amide bonds. The van der Waals surface area contributed by atoms with Crippen LogP contribution in [-0.2, 0) is 21.3 Å². The van der Waals surface area contributed by atoms with Crippen molar-refractivity contribution in [3.05, 3.63) is 36.0 Å². The number of rotatable bonds is 3. The molecular weight excluding hydrogens is 256 g/mol. The van der Waals surface area contributed by atoms with Crippen molar-refractivity contribution in [2.75, 3.05) is 0 Å². The molecule has 2 rings (SSSR count). The maximum absolute atomic E-state index is 11.3. The minimum Gasteiger partial charge on any atom is -0.361 e. The molecule has 4 N–H and O–H groups in total. The summed E-state index contributed by atoms with van der Waals surface area (Å²) in [6.45, 7) is 0. The fourth-order valence-electron chi connectivity index (χ4n) is 1.81. The number of carbonyl (C=O) groups is 1. The molecule has 1 aromatic carbocycles. The van der Waals surface area contributed by atoms with Crippen LogP contribution in [0, 0.1) is 0 Å². The highest BCUT2D eigenvalue weighted by atomic mass is 32.2. The van der Waals surface area contributed by atoms with Gasteiger partial charge in [0, 0.05) is 17.1 Å². The Bertz CT molecular complexity index is 690. The molecule has 0 aliphatic carbocycles. The highest BCUT2D eigenvalue weighted by molar-refractivity contribution is 8.01. The van der Waals surface area contributed by atoms with Gasteiger partial charge in [0.25, 0.3) is 5.12 Å². The lowest BCUT2D eigenvalue weighted by atomic mass is 10.1. The van der Waals surface area contributed by atoms with Gasteiger partial charge in [0.05, 0.1) is 6.04 Å². The number of para-hydroxylation sites is 1. The lowest BCUT2D eigenvalue weighted by Gasteiger charge is -2.07. The third-order valence-corrected chi connectivity index (χ3v) is 3.48. The second-order valence-electron chi connectivity index (χ2n) is 3.96. The van der Waals surface area contributed by atoms with Crippen LogP contribution >= 0.6 is 0 Å². The lowest BCUT2D eigenvalue weighted by molar-refractivity contribution is -0.113. The lowest BCUT2D eigenvalue weighted by Crippen LogP contribution is -2.37. The Balaban J connectivity index is 2.27. The first-order valence-corrected chi connectivity index (χ1v) is 6.65. The van der Waals surface area contributed by atoms with Crippen molar-refractivity contribution < 1.29 is 17.8 Å². The number of carbonyl (C=O) groups excluding carboxylic acids is 1. The normalized spacial score (nSPS) is 13.7. The van der Waals surface area contributed by atoms with Gasteiger partial charge in [-0.05, 0) is 18.1 Å². The molecule has 0 radical (unpaired) electrons. The zero-order valence-electron chi connectivity index (χ0n) is 9.33. The fourth-order valence-corrected chi connectivity index (χ4v) is 2.28. The fraction of sp³-hybridized carbons (Fsp3) is 0.182. The second kappa shape index (κ2) is 4.52. The smallest absolute Gasteiger partial charge is 0.330 e. The number of benzene rings is 1. The number of hydrogen-bond donors (Lipinski definition) is 3. The minimum atomic E-state index is -4.73. The van der Waals surface area contributed by atoms with Gasteiger partial charge in [0.2, 0.25) is 0 Å². The number of nitrogens with two attached hydrogens (primary N) is 1. The maximum atomic E-state index is 11.3. The Hall–Kier alpha value is -1.70. The van der Waals surface area contributed by atoms with Crippen molar-refractivity contribution in [1.82, 2.24) is 4.98 Å². The third kappa shape index (κ3) is 2.42. The van der Waals surface area contributed by atoms with E-state index in [2.05, 4.69) is 4.98 Å². The van der Waals surface area contributed by atoms with Gasteiger partial charge in [0.1, 0.15) is 0 Å². The van der Waals surface area contributed by atoms with E-state index in [1.54, 1.807) is 6.20 Å². The first kappa shape index (κ1) is 12.7. The van der Waals surface area contributed by atoms with Crippen LogP contribution in [0.5, 0.6) is 0 Å². The van der Waals surface area contributed by atoms with Gasteiger partial charge in [-0.3, -0.25) is 9.35 Å². The van der Waals surface area contributed by atoms with Gasteiger partial charge in [-0.25, -0.2) is 0 Å². The molecule has 0 fully saturated rings. The van der Waals surface area contributed by atoms with Crippen LogP contribution in [0.4, 0.5) is 0 Å². The van der Waals surface area contributed by atoms with E-state index in [-0.39, 0.29) is 6.42 Å². The Morgan fingerprint density at radius 1 is 1.39 bits per heavy atom. The molecule has 0 spiro atoms. The average molecular weight is 268 g/mol. The van der Waals surface area contributed by atoms with Crippen molar-refractivity contribution in [3.63, 3.8) is 0 Å². The standard InChI is InChI=1S/C11H12N2O4S/c12-9(11(14)18(15,16)17)5-7-6-13-10-4-2-1-3-8(7)10/h1-4,6,9,13H,5,12H2,(H,15,16,17)/t9-/m0/s1. The van der Waals surface area contributed by atoms with E-state index >= 15 is 0 Å². The van der Waals surface area contributed by atoms with Crippen LogP contribution in [0.2, 0.25) is 0 Å². The number of aromatic amines is 1. The van der Waals surface area contributed by atoms with Crippen molar-refractivity contribution in [2.45, 2.75) is 12.5 Å². The summed E-state index contributed by atoms with van der Waals surface area (Å²) in [7, 11) is -4.73. The Morgan fingerprint density at radius 2 is 2.06 bits per heavy atom. The molecule has 0 aliphatic rings. The Morgan fingerprint density at radius 3 is 2.72 bits per heavy atom. The quantitative estimate of drug-likeness (QED) is 0.699. The van der Waals surface area contributed by atoms with E-state index in [4.69, 9.17) is 10.3 Å². The molecule has 0 saturated carbocycles. The van der Waals surface area contributed by atoms with E-state index in [9.17, 15) is 13.2 Å². The van der Waals surface area contributed by atoms with Crippen molar-refractivity contribution in [3.8, 4) is 0 Å². The van der Waals surface area contributed by atoms with Gasteiger partial charge < -0.3 is 10.7 Å². The highest BCUT2D eigenvalue weighted by Crippen LogP contribution is 2.19. The molecule has 0 bridgehead atoms. The maximum Gasteiger partial charge on any atom is 0.330 e. The summed E-state index contributed by atoms with van der Waals surface area (Å²) in [5.74, 6) is 0. The number of fused-ring (bicyclic) bond motifs is 1. The van der Waals surface area contributed by atoms with E-state index in [1.165, 1.54) is 0 Å². The molecule has 1 atom stereocenters. The summed E-state index contributed by atoms with van der Waals surface area (Å²) in [5.41, 5.74) is 7.09. The van der Waals surface area contributed by atoms with Crippen LogP contribution in [0.3, 0.4) is 0 Å². The van der Waals surface area contributed by atoms with Gasteiger partial charge in [-0.15, -0.1) is 0 Å². The van der Waals surface area contributed by atoms with Gasteiger partial charge in [-0.2, -0.15) is 8.42 Å². The third-order valence-electron chi connectivity index (χ3n) is 2.67. The monoisotopic (exact) mass is 268 g/mol. The molecule has 2 aromatic rings. The topological polar surface area (TPSA) is 113 Å². The van der Waals surface area contributed by atoms with Gasteiger partial charge in [0.15, 0.2) is 0 Å². The average Bonchev–Trinajstić information content (AvgIpc) is 2.70. The van der Waals surface area contributed by atoms with Gasteiger partial charge >= 0.3 is 10.1 Å². The first-order chi connectivity index (χ1) is 8.39. The van der Waals surface area contributed by atoms with E-state index in [0.717, 1.165) is 16.5 Å². The van der Waals surface area contributed by atoms with Crippen LogP contribution in [0.25, 0.3) is 10.9 Å². The zero-order chi connectivity index (χ0) is 13.3. The summed E-state index contributed by atoms with van der Waals surface area (Å²) < 4.78 is 30.0. The second-order valence-corrected chi connectivity index (χ2v) is 5.32. The minimum absolute atomic E-state index is 0.0443.